The molecule has 0 amide bonds. The molecule has 1 aromatic rings. The number of nitriles is 1. The van der Waals surface area contributed by atoms with Crippen LogP contribution >= 0.6 is 0 Å². The number of nitrogens with zero attached hydrogens (tertiary/aromatic N) is 2. The Kier molecular flexibility index (Phi) is 4.06. The minimum absolute atomic E-state index is 0.385. The number of hydrogen-bond donors (Lipinski definition) is 1. The summed E-state index contributed by atoms with van der Waals surface area (Å²) < 4.78 is 5.63. The molecule has 1 aliphatic heterocycles. The highest BCUT2D eigenvalue weighted by Crippen LogP contribution is 2.24. The van der Waals surface area contributed by atoms with Crippen molar-refractivity contribution in [1.29, 1.82) is 5.26 Å². The molecule has 1 aliphatic rings. The van der Waals surface area contributed by atoms with Crippen LogP contribution in [0.15, 0.2) is 18.2 Å². The van der Waals surface area contributed by atoms with E-state index in [-0.39, 0.29) is 0 Å². The van der Waals surface area contributed by atoms with Gasteiger partial charge in [0.25, 0.3) is 0 Å². The quantitative estimate of drug-likeness (QED) is 0.829. The number of rotatable bonds is 3. The minimum Gasteiger partial charge on any atom is -0.398 e. The van der Waals surface area contributed by atoms with E-state index in [2.05, 4.69) is 11.0 Å². The number of piperidine rings is 1. The Morgan fingerprint density at radius 2 is 2.17 bits per heavy atom. The first kappa shape index (κ1) is 12.7. The second-order valence-electron chi connectivity index (χ2n) is 4.53. The van der Waals surface area contributed by atoms with Gasteiger partial charge in [0.1, 0.15) is 6.07 Å². The largest absolute Gasteiger partial charge is 0.398 e. The summed E-state index contributed by atoms with van der Waals surface area (Å²) in [6.07, 6.45) is 2.47. The van der Waals surface area contributed by atoms with Gasteiger partial charge in [0, 0.05) is 31.1 Å². The molecule has 0 radical (unpaired) electrons. The summed E-state index contributed by atoms with van der Waals surface area (Å²) in [6.45, 7) is 4.76. The smallest absolute Gasteiger partial charge is 0.101 e. The summed E-state index contributed by atoms with van der Waals surface area (Å²) in [4.78, 5) is 2.29. The van der Waals surface area contributed by atoms with E-state index in [1.54, 1.807) is 0 Å². The first-order valence-corrected chi connectivity index (χ1v) is 6.40. The summed E-state index contributed by atoms with van der Waals surface area (Å²) >= 11 is 0. The second kappa shape index (κ2) is 5.74. The lowest BCUT2D eigenvalue weighted by Gasteiger charge is -2.33. The van der Waals surface area contributed by atoms with Crippen LogP contribution in [0.25, 0.3) is 0 Å². The van der Waals surface area contributed by atoms with Gasteiger partial charge in [-0.25, -0.2) is 0 Å². The van der Waals surface area contributed by atoms with E-state index in [1.807, 2.05) is 25.1 Å². The summed E-state index contributed by atoms with van der Waals surface area (Å²) in [7, 11) is 0. The summed E-state index contributed by atoms with van der Waals surface area (Å²) in [6, 6.07) is 7.79. The van der Waals surface area contributed by atoms with Crippen molar-refractivity contribution < 1.29 is 4.74 Å². The van der Waals surface area contributed by atoms with Gasteiger partial charge in [-0.05, 0) is 38.0 Å². The molecule has 1 aromatic carbocycles. The lowest BCUT2D eigenvalue weighted by Crippen LogP contribution is -2.37. The van der Waals surface area contributed by atoms with Gasteiger partial charge in [0.05, 0.1) is 11.7 Å². The van der Waals surface area contributed by atoms with E-state index in [4.69, 9.17) is 15.7 Å². The highest BCUT2D eigenvalue weighted by molar-refractivity contribution is 5.62. The zero-order valence-electron chi connectivity index (χ0n) is 10.7. The number of nitrogens with two attached hydrogens (primary N) is 1. The molecule has 4 heteroatoms. The molecule has 0 bridgehead atoms. The molecule has 18 heavy (non-hydrogen) atoms. The van der Waals surface area contributed by atoms with Gasteiger partial charge in [-0.2, -0.15) is 5.26 Å². The topological polar surface area (TPSA) is 62.3 Å². The molecule has 1 saturated heterocycles. The maximum absolute atomic E-state index is 8.98. The van der Waals surface area contributed by atoms with Gasteiger partial charge >= 0.3 is 0 Å². The first-order chi connectivity index (χ1) is 8.74. The number of nitrogen functional groups attached to an aromatic ring is 1. The maximum atomic E-state index is 8.98. The van der Waals surface area contributed by atoms with Crippen molar-refractivity contribution in [2.45, 2.75) is 25.9 Å². The standard InChI is InChI=1S/C14H19N3O/c1-2-18-13-5-7-17(8-6-13)12-3-4-14(16)11(9-12)10-15/h3-4,9,13H,2,5-8,16H2,1H3. The lowest BCUT2D eigenvalue weighted by atomic mass is 10.1. The van der Waals surface area contributed by atoms with Crippen LogP contribution in [0.5, 0.6) is 0 Å². The van der Waals surface area contributed by atoms with E-state index in [9.17, 15) is 0 Å². The molecule has 0 saturated carbocycles. The fraction of sp³-hybridized carbons (Fsp3) is 0.500. The van der Waals surface area contributed by atoms with Crippen molar-refractivity contribution >= 4 is 11.4 Å². The molecule has 4 nitrogen and oxygen atoms in total. The number of hydrogen-bond acceptors (Lipinski definition) is 4. The fourth-order valence-corrected chi connectivity index (χ4v) is 2.35. The SMILES string of the molecule is CCOC1CCN(c2ccc(N)c(C#N)c2)CC1. The van der Waals surface area contributed by atoms with E-state index >= 15 is 0 Å². The first-order valence-electron chi connectivity index (χ1n) is 6.40. The Morgan fingerprint density at radius 3 is 2.78 bits per heavy atom. The van der Waals surface area contributed by atoms with Gasteiger partial charge in [-0.1, -0.05) is 0 Å². The highest BCUT2D eigenvalue weighted by atomic mass is 16.5. The van der Waals surface area contributed by atoms with E-state index < -0.39 is 0 Å². The third kappa shape index (κ3) is 2.74. The van der Waals surface area contributed by atoms with Gasteiger partial charge in [0.15, 0.2) is 0 Å². The average Bonchev–Trinajstić information content (AvgIpc) is 2.41. The van der Waals surface area contributed by atoms with E-state index in [0.29, 0.717) is 17.4 Å². The molecule has 2 rings (SSSR count). The Labute approximate surface area is 108 Å². The van der Waals surface area contributed by atoms with Crippen molar-refractivity contribution in [2.75, 3.05) is 30.3 Å². The number of anilines is 2. The van der Waals surface area contributed by atoms with Crippen LogP contribution in [0, 0.1) is 11.3 Å². The molecule has 0 spiro atoms. The monoisotopic (exact) mass is 245 g/mol. The summed E-state index contributed by atoms with van der Waals surface area (Å²) in [5, 5.41) is 8.98. The molecule has 0 unspecified atom stereocenters. The molecule has 2 N–H and O–H groups in total. The maximum Gasteiger partial charge on any atom is 0.101 e. The minimum atomic E-state index is 0.385. The predicted molar refractivity (Wildman–Crippen MR) is 72.4 cm³/mol. The second-order valence-corrected chi connectivity index (χ2v) is 4.53. The molecule has 1 fully saturated rings. The van der Waals surface area contributed by atoms with Crippen molar-refractivity contribution in [3.63, 3.8) is 0 Å². The molecular formula is C14H19N3O. The summed E-state index contributed by atoms with van der Waals surface area (Å²) in [5.74, 6) is 0. The van der Waals surface area contributed by atoms with Crippen LogP contribution in [0.1, 0.15) is 25.3 Å². The summed E-state index contributed by atoms with van der Waals surface area (Å²) in [5.41, 5.74) is 7.91. The van der Waals surface area contributed by atoms with Gasteiger partial charge in [-0.3, -0.25) is 0 Å². The third-order valence-corrected chi connectivity index (χ3v) is 3.37. The van der Waals surface area contributed by atoms with E-state index in [0.717, 1.165) is 38.2 Å². The van der Waals surface area contributed by atoms with Gasteiger partial charge in [0.2, 0.25) is 0 Å². The van der Waals surface area contributed by atoms with Crippen molar-refractivity contribution in [1.82, 2.24) is 0 Å². The average molecular weight is 245 g/mol. The van der Waals surface area contributed by atoms with Gasteiger partial charge in [-0.15, -0.1) is 0 Å². The predicted octanol–water partition coefficient (Wildman–Crippen LogP) is 2.15. The third-order valence-electron chi connectivity index (χ3n) is 3.37. The van der Waals surface area contributed by atoms with Crippen molar-refractivity contribution in [2.24, 2.45) is 0 Å². The lowest BCUT2D eigenvalue weighted by molar-refractivity contribution is 0.0459. The molecule has 0 aromatic heterocycles. The Hall–Kier alpha value is -1.73. The molecular weight excluding hydrogens is 226 g/mol. The zero-order valence-corrected chi connectivity index (χ0v) is 10.7. The highest BCUT2D eigenvalue weighted by Gasteiger charge is 2.19. The van der Waals surface area contributed by atoms with Crippen LogP contribution in [0.2, 0.25) is 0 Å². The molecule has 1 heterocycles. The van der Waals surface area contributed by atoms with Crippen LogP contribution in [0.3, 0.4) is 0 Å². The van der Waals surface area contributed by atoms with E-state index in [1.165, 1.54) is 0 Å². The molecule has 0 aliphatic carbocycles. The molecule has 0 atom stereocenters. The number of ether oxygens (including phenoxy) is 1. The fourth-order valence-electron chi connectivity index (χ4n) is 2.35. The van der Waals surface area contributed by atoms with Crippen molar-refractivity contribution in [3.8, 4) is 6.07 Å². The van der Waals surface area contributed by atoms with Crippen molar-refractivity contribution in [3.05, 3.63) is 23.8 Å². The number of benzene rings is 1. The van der Waals surface area contributed by atoms with Crippen LogP contribution < -0.4 is 10.6 Å². The molecule has 96 valence electrons. The van der Waals surface area contributed by atoms with Crippen LogP contribution in [0.4, 0.5) is 11.4 Å². The normalized spacial score (nSPS) is 16.6. The Morgan fingerprint density at radius 1 is 1.44 bits per heavy atom. The Bertz CT molecular complexity index is 445. The van der Waals surface area contributed by atoms with Crippen LogP contribution in [-0.4, -0.2) is 25.8 Å². The Balaban J connectivity index is 2.04. The van der Waals surface area contributed by atoms with Gasteiger partial charge < -0.3 is 15.4 Å². The van der Waals surface area contributed by atoms with Crippen LogP contribution in [-0.2, 0) is 4.74 Å². The zero-order chi connectivity index (χ0) is 13.0.